The summed E-state index contributed by atoms with van der Waals surface area (Å²) in [7, 11) is 1.63. The third-order valence-corrected chi connectivity index (χ3v) is 1.92. The van der Waals surface area contributed by atoms with Gasteiger partial charge in [-0.15, -0.1) is 18.2 Å². The Hall–Kier alpha value is -0.950. The van der Waals surface area contributed by atoms with Crippen molar-refractivity contribution in [3.63, 3.8) is 0 Å². The van der Waals surface area contributed by atoms with E-state index >= 15 is 0 Å². The summed E-state index contributed by atoms with van der Waals surface area (Å²) in [5.74, 6) is 0.826. The fraction of sp³-hybridized carbons (Fsp3) is 0.100. The summed E-state index contributed by atoms with van der Waals surface area (Å²) in [6.07, 6.45) is 1.61. The van der Waals surface area contributed by atoms with E-state index in [0.29, 0.717) is 5.38 Å². The molecule has 0 aliphatic rings. The molecular weight excluding hydrogens is 172 g/mol. The average molecular weight is 182 g/mol. The van der Waals surface area contributed by atoms with Crippen molar-refractivity contribution in [3.05, 3.63) is 47.9 Å². The molecule has 0 atom stereocenters. The number of ether oxygens (including phenoxy) is 1. The predicted molar refractivity (Wildman–Crippen MR) is 51.4 cm³/mol. The molecular formula is C10H10ClO. The zero-order valence-corrected chi connectivity index (χ0v) is 7.64. The van der Waals surface area contributed by atoms with Crippen molar-refractivity contribution in [2.24, 2.45) is 0 Å². The third kappa shape index (κ3) is 2.02. The smallest absolute Gasteiger partial charge is 0.118 e. The molecule has 0 N–H and O–H groups in total. The fourth-order valence-electron chi connectivity index (χ4n) is 0.868. The summed E-state index contributed by atoms with van der Waals surface area (Å²) in [6, 6.07) is 7.51. The number of rotatable bonds is 3. The number of benzene rings is 1. The second-order valence-corrected chi connectivity index (χ2v) is 2.69. The quantitative estimate of drug-likeness (QED) is 0.697. The van der Waals surface area contributed by atoms with Gasteiger partial charge in [-0.05, 0) is 17.7 Å². The van der Waals surface area contributed by atoms with Crippen molar-refractivity contribution < 1.29 is 4.74 Å². The molecule has 1 radical (unpaired) electrons. The van der Waals surface area contributed by atoms with Crippen molar-refractivity contribution in [1.82, 2.24) is 0 Å². The maximum Gasteiger partial charge on any atom is 0.118 e. The first-order valence-corrected chi connectivity index (χ1v) is 3.95. The monoisotopic (exact) mass is 181 g/mol. The molecule has 0 aliphatic heterocycles. The van der Waals surface area contributed by atoms with E-state index in [1.807, 2.05) is 24.3 Å². The molecule has 0 aromatic heterocycles. The first-order chi connectivity index (χ1) is 5.77. The summed E-state index contributed by atoms with van der Waals surface area (Å²) in [5, 5.41) is 0.651. The Morgan fingerprint density at radius 2 is 2.00 bits per heavy atom. The van der Waals surface area contributed by atoms with E-state index in [-0.39, 0.29) is 0 Å². The van der Waals surface area contributed by atoms with Gasteiger partial charge in [-0.1, -0.05) is 18.2 Å². The number of halogens is 1. The highest BCUT2D eigenvalue weighted by atomic mass is 35.5. The standard InChI is InChI=1S/C10H10ClO/c1-3-10(11)8-4-6-9(12-2)7-5-8/h3-7H,1H2,2H3. The van der Waals surface area contributed by atoms with Gasteiger partial charge in [0.05, 0.1) is 7.11 Å². The van der Waals surface area contributed by atoms with Crippen LogP contribution in [0.25, 0.3) is 0 Å². The zero-order valence-electron chi connectivity index (χ0n) is 6.88. The number of hydrogen-bond acceptors (Lipinski definition) is 1. The molecule has 1 rings (SSSR count). The second-order valence-electron chi connectivity index (χ2n) is 2.28. The van der Waals surface area contributed by atoms with Crippen molar-refractivity contribution in [2.45, 2.75) is 0 Å². The molecule has 0 fully saturated rings. The maximum atomic E-state index is 5.84. The molecule has 0 saturated heterocycles. The molecule has 0 heterocycles. The Labute approximate surface area is 77.6 Å². The number of methoxy groups -OCH3 is 1. The van der Waals surface area contributed by atoms with Gasteiger partial charge < -0.3 is 4.74 Å². The van der Waals surface area contributed by atoms with Crippen molar-refractivity contribution in [3.8, 4) is 5.75 Å². The van der Waals surface area contributed by atoms with Crippen molar-refractivity contribution in [1.29, 1.82) is 0 Å². The Balaban J connectivity index is 2.84. The first-order valence-electron chi connectivity index (χ1n) is 3.57. The van der Waals surface area contributed by atoms with E-state index < -0.39 is 0 Å². The van der Waals surface area contributed by atoms with Crippen molar-refractivity contribution >= 4 is 11.6 Å². The van der Waals surface area contributed by atoms with E-state index in [0.717, 1.165) is 11.3 Å². The minimum Gasteiger partial charge on any atom is -0.497 e. The lowest BCUT2D eigenvalue weighted by molar-refractivity contribution is 0.414. The van der Waals surface area contributed by atoms with Gasteiger partial charge in [0.2, 0.25) is 0 Å². The molecule has 63 valence electrons. The van der Waals surface area contributed by atoms with Crippen LogP contribution in [0.4, 0.5) is 0 Å². The lowest BCUT2D eigenvalue weighted by Crippen LogP contribution is -1.87. The van der Waals surface area contributed by atoms with Gasteiger partial charge in [0, 0.05) is 0 Å². The summed E-state index contributed by atoms with van der Waals surface area (Å²) in [4.78, 5) is 0. The van der Waals surface area contributed by atoms with Gasteiger partial charge in [-0.2, -0.15) is 0 Å². The molecule has 2 heteroatoms. The summed E-state index contributed by atoms with van der Waals surface area (Å²) in [6.45, 7) is 3.58. The van der Waals surface area contributed by atoms with Crippen LogP contribution < -0.4 is 4.74 Å². The lowest BCUT2D eigenvalue weighted by Gasteiger charge is -2.03. The molecule has 12 heavy (non-hydrogen) atoms. The van der Waals surface area contributed by atoms with Crippen LogP contribution >= 0.6 is 11.6 Å². The minimum absolute atomic E-state index is 0.651. The minimum atomic E-state index is 0.651. The molecule has 1 nitrogen and oxygen atoms in total. The SMILES string of the molecule is C=C[C](Cl)c1ccc(OC)cc1. The van der Waals surface area contributed by atoms with Gasteiger partial charge in [-0.3, -0.25) is 0 Å². The van der Waals surface area contributed by atoms with Crippen LogP contribution in [0.2, 0.25) is 0 Å². The number of allylic oxidation sites excluding steroid dienone is 1. The molecule has 1 aromatic carbocycles. The molecule has 0 amide bonds. The van der Waals surface area contributed by atoms with Gasteiger partial charge in [0.25, 0.3) is 0 Å². The van der Waals surface area contributed by atoms with E-state index in [1.54, 1.807) is 13.2 Å². The average Bonchev–Trinajstić information content (AvgIpc) is 2.17. The summed E-state index contributed by atoms with van der Waals surface area (Å²) in [5.41, 5.74) is 0.951. The zero-order chi connectivity index (χ0) is 8.97. The van der Waals surface area contributed by atoms with Crippen LogP contribution in [-0.4, -0.2) is 7.11 Å². The lowest BCUT2D eigenvalue weighted by atomic mass is 10.1. The highest BCUT2D eigenvalue weighted by Crippen LogP contribution is 2.22. The van der Waals surface area contributed by atoms with Crippen LogP contribution in [-0.2, 0) is 0 Å². The van der Waals surface area contributed by atoms with Crippen LogP contribution in [0.5, 0.6) is 5.75 Å². The maximum absolute atomic E-state index is 5.84. The van der Waals surface area contributed by atoms with E-state index in [2.05, 4.69) is 6.58 Å². The highest BCUT2D eigenvalue weighted by molar-refractivity contribution is 6.30. The van der Waals surface area contributed by atoms with Crippen LogP contribution in [0.1, 0.15) is 5.56 Å². The van der Waals surface area contributed by atoms with Gasteiger partial charge in [0.1, 0.15) is 11.1 Å². The van der Waals surface area contributed by atoms with E-state index in [1.165, 1.54) is 0 Å². The Morgan fingerprint density at radius 1 is 1.42 bits per heavy atom. The van der Waals surface area contributed by atoms with Gasteiger partial charge in [0.15, 0.2) is 0 Å². The Morgan fingerprint density at radius 3 is 2.42 bits per heavy atom. The summed E-state index contributed by atoms with van der Waals surface area (Å²) < 4.78 is 5.00. The normalized spacial score (nSPS) is 9.92. The molecule has 0 unspecified atom stereocenters. The second kappa shape index (κ2) is 4.17. The van der Waals surface area contributed by atoms with E-state index in [9.17, 15) is 0 Å². The topological polar surface area (TPSA) is 9.23 Å². The third-order valence-electron chi connectivity index (χ3n) is 1.55. The molecule has 0 spiro atoms. The summed E-state index contributed by atoms with van der Waals surface area (Å²) >= 11 is 5.84. The largest absolute Gasteiger partial charge is 0.497 e. The molecule has 0 aliphatic carbocycles. The molecule has 0 bridgehead atoms. The van der Waals surface area contributed by atoms with Gasteiger partial charge in [-0.25, -0.2) is 0 Å². The van der Waals surface area contributed by atoms with Crippen LogP contribution in [0, 0.1) is 5.38 Å². The highest BCUT2D eigenvalue weighted by Gasteiger charge is 2.02. The molecule has 0 saturated carbocycles. The fourth-order valence-corrected chi connectivity index (χ4v) is 0.994. The Bertz CT molecular complexity index is 253. The van der Waals surface area contributed by atoms with Gasteiger partial charge >= 0.3 is 0 Å². The molecule has 1 aromatic rings. The number of hydrogen-bond donors (Lipinski definition) is 0. The van der Waals surface area contributed by atoms with Crippen LogP contribution in [0.15, 0.2) is 36.9 Å². The first kappa shape index (κ1) is 9.14. The van der Waals surface area contributed by atoms with E-state index in [4.69, 9.17) is 16.3 Å². The van der Waals surface area contributed by atoms with Crippen molar-refractivity contribution in [2.75, 3.05) is 7.11 Å². The Kier molecular flexibility index (Phi) is 3.18. The predicted octanol–water partition coefficient (Wildman–Crippen LogP) is 3.00. The van der Waals surface area contributed by atoms with Crippen LogP contribution in [0.3, 0.4) is 0 Å².